The highest BCUT2D eigenvalue weighted by atomic mass is 16.3. The molecule has 0 bridgehead atoms. The van der Waals surface area contributed by atoms with Crippen molar-refractivity contribution < 1.29 is 9.90 Å². The van der Waals surface area contributed by atoms with Crippen LogP contribution >= 0.6 is 0 Å². The summed E-state index contributed by atoms with van der Waals surface area (Å²) >= 11 is 0. The minimum atomic E-state index is -0.480. The molecule has 1 heterocycles. The molecular formula is C14H26N2O2. The fourth-order valence-corrected chi connectivity index (χ4v) is 3.15. The quantitative estimate of drug-likeness (QED) is 0.794. The van der Waals surface area contributed by atoms with Crippen LogP contribution in [0.2, 0.25) is 0 Å². The number of aliphatic hydroxyl groups excluding tert-OH is 1. The van der Waals surface area contributed by atoms with Crippen molar-refractivity contribution in [1.82, 2.24) is 10.2 Å². The molecule has 2 rings (SSSR count). The summed E-state index contributed by atoms with van der Waals surface area (Å²) in [6.07, 6.45) is 6.03. The first-order valence-corrected chi connectivity index (χ1v) is 7.10. The third-order valence-electron chi connectivity index (χ3n) is 4.79. The van der Waals surface area contributed by atoms with E-state index in [4.69, 9.17) is 0 Å². The molecule has 1 saturated carbocycles. The molecular weight excluding hydrogens is 228 g/mol. The number of aliphatic hydroxyl groups is 1. The molecule has 0 aromatic heterocycles. The van der Waals surface area contributed by atoms with Crippen LogP contribution in [0.4, 0.5) is 0 Å². The number of rotatable bonds is 3. The van der Waals surface area contributed by atoms with Gasteiger partial charge in [-0.3, -0.25) is 4.79 Å². The lowest BCUT2D eigenvalue weighted by Gasteiger charge is -2.35. The number of nitrogens with one attached hydrogen (secondary N) is 1. The summed E-state index contributed by atoms with van der Waals surface area (Å²) in [7, 11) is 1.79. The Kier molecular flexibility index (Phi) is 3.97. The Hall–Kier alpha value is -0.610. The van der Waals surface area contributed by atoms with Crippen molar-refractivity contribution in [3.8, 4) is 0 Å². The molecule has 0 radical (unpaired) electrons. The molecule has 0 aromatic rings. The average molecular weight is 254 g/mol. The molecule has 3 unspecified atom stereocenters. The van der Waals surface area contributed by atoms with E-state index in [0.29, 0.717) is 12.0 Å². The number of fused-ring (bicyclic) bond motifs is 1. The fourth-order valence-electron chi connectivity index (χ4n) is 3.15. The van der Waals surface area contributed by atoms with Gasteiger partial charge >= 0.3 is 0 Å². The van der Waals surface area contributed by atoms with E-state index in [1.54, 1.807) is 11.9 Å². The van der Waals surface area contributed by atoms with Crippen LogP contribution in [0.25, 0.3) is 0 Å². The van der Waals surface area contributed by atoms with E-state index >= 15 is 0 Å². The summed E-state index contributed by atoms with van der Waals surface area (Å²) in [6.45, 7) is 3.79. The standard InChI is InChI=1S/C14H26N2O2/c1-14(2,9-17)16(3)13(18)12-8-10-6-4-5-7-11(10)15-12/h10-12,15,17H,4-9H2,1-3H3. The van der Waals surface area contributed by atoms with Gasteiger partial charge in [-0.05, 0) is 39.0 Å². The lowest BCUT2D eigenvalue weighted by Crippen LogP contribution is -2.53. The van der Waals surface area contributed by atoms with Crippen LogP contribution in [0.5, 0.6) is 0 Å². The summed E-state index contributed by atoms with van der Waals surface area (Å²) in [5, 5.41) is 12.8. The normalized spacial score (nSPS) is 32.1. The second kappa shape index (κ2) is 5.17. The number of hydrogen-bond acceptors (Lipinski definition) is 3. The molecule has 1 aliphatic carbocycles. The predicted octanol–water partition coefficient (Wildman–Crippen LogP) is 1.14. The molecule has 4 heteroatoms. The molecule has 1 amide bonds. The largest absolute Gasteiger partial charge is 0.394 e. The molecule has 2 aliphatic rings. The van der Waals surface area contributed by atoms with Gasteiger partial charge in [-0.15, -0.1) is 0 Å². The highest BCUT2D eigenvalue weighted by molar-refractivity contribution is 5.82. The number of likely N-dealkylation sites (N-methyl/N-ethyl adjacent to an activating group) is 1. The minimum absolute atomic E-state index is 0.00514. The third-order valence-corrected chi connectivity index (χ3v) is 4.79. The molecule has 1 aliphatic heterocycles. The highest BCUT2D eigenvalue weighted by Gasteiger charge is 2.41. The highest BCUT2D eigenvalue weighted by Crippen LogP contribution is 2.34. The van der Waals surface area contributed by atoms with E-state index in [9.17, 15) is 9.90 Å². The van der Waals surface area contributed by atoms with E-state index in [0.717, 1.165) is 6.42 Å². The van der Waals surface area contributed by atoms with Crippen LogP contribution in [0.1, 0.15) is 46.0 Å². The number of amides is 1. The van der Waals surface area contributed by atoms with Crippen molar-refractivity contribution >= 4 is 5.91 Å². The molecule has 18 heavy (non-hydrogen) atoms. The zero-order chi connectivity index (χ0) is 13.3. The van der Waals surface area contributed by atoms with Gasteiger partial charge in [-0.2, -0.15) is 0 Å². The molecule has 0 aromatic carbocycles. The predicted molar refractivity (Wildman–Crippen MR) is 71.2 cm³/mol. The van der Waals surface area contributed by atoms with Gasteiger partial charge in [0.05, 0.1) is 18.2 Å². The van der Waals surface area contributed by atoms with Crippen LogP contribution in [0.3, 0.4) is 0 Å². The lowest BCUT2D eigenvalue weighted by molar-refractivity contribution is -0.138. The Morgan fingerprint density at radius 2 is 2.06 bits per heavy atom. The molecule has 2 N–H and O–H groups in total. The monoisotopic (exact) mass is 254 g/mol. The SMILES string of the molecule is CN(C(=O)C1CC2CCCCC2N1)C(C)(C)CO. The molecule has 2 fully saturated rings. The van der Waals surface area contributed by atoms with Crippen LogP contribution in [0, 0.1) is 5.92 Å². The maximum atomic E-state index is 12.4. The summed E-state index contributed by atoms with van der Waals surface area (Å²) in [6, 6.07) is 0.493. The van der Waals surface area contributed by atoms with Crippen LogP contribution < -0.4 is 5.32 Å². The summed E-state index contributed by atoms with van der Waals surface area (Å²) in [5.41, 5.74) is -0.480. The first-order valence-electron chi connectivity index (χ1n) is 7.10. The third kappa shape index (κ3) is 2.54. The Morgan fingerprint density at radius 1 is 1.39 bits per heavy atom. The van der Waals surface area contributed by atoms with E-state index in [-0.39, 0.29) is 18.6 Å². The zero-order valence-corrected chi connectivity index (χ0v) is 11.8. The van der Waals surface area contributed by atoms with Crippen molar-refractivity contribution in [1.29, 1.82) is 0 Å². The first-order chi connectivity index (χ1) is 8.45. The minimum Gasteiger partial charge on any atom is -0.394 e. The van der Waals surface area contributed by atoms with Crippen molar-refractivity contribution in [2.45, 2.75) is 63.6 Å². The van der Waals surface area contributed by atoms with E-state index in [2.05, 4.69) is 5.32 Å². The van der Waals surface area contributed by atoms with Gasteiger partial charge in [0.15, 0.2) is 0 Å². The van der Waals surface area contributed by atoms with Gasteiger partial charge in [0.1, 0.15) is 0 Å². The fraction of sp³-hybridized carbons (Fsp3) is 0.929. The average Bonchev–Trinajstić information content (AvgIpc) is 2.80. The topological polar surface area (TPSA) is 52.6 Å². The van der Waals surface area contributed by atoms with Crippen molar-refractivity contribution in [3.63, 3.8) is 0 Å². The van der Waals surface area contributed by atoms with Gasteiger partial charge in [0.25, 0.3) is 0 Å². The van der Waals surface area contributed by atoms with Gasteiger partial charge in [0.2, 0.25) is 5.91 Å². The number of nitrogens with zero attached hydrogens (tertiary/aromatic N) is 1. The number of hydrogen-bond donors (Lipinski definition) is 2. The summed E-state index contributed by atoms with van der Waals surface area (Å²) < 4.78 is 0. The molecule has 1 saturated heterocycles. The smallest absolute Gasteiger partial charge is 0.239 e. The van der Waals surface area contributed by atoms with E-state index in [1.807, 2.05) is 13.8 Å². The van der Waals surface area contributed by atoms with Crippen molar-refractivity contribution in [2.75, 3.05) is 13.7 Å². The first kappa shape index (κ1) is 13.8. The van der Waals surface area contributed by atoms with Crippen LogP contribution in [-0.4, -0.2) is 47.2 Å². The molecule has 3 atom stereocenters. The maximum absolute atomic E-state index is 12.4. The second-order valence-electron chi connectivity index (χ2n) is 6.47. The van der Waals surface area contributed by atoms with E-state index in [1.165, 1.54) is 25.7 Å². The van der Waals surface area contributed by atoms with Crippen molar-refractivity contribution in [3.05, 3.63) is 0 Å². The molecule has 4 nitrogen and oxygen atoms in total. The van der Waals surface area contributed by atoms with Gasteiger partial charge in [-0.1, -0.05) is 12.8 Å². The van der Waals surface area contributed by atoms with Crippen LogP contribution in [0.15, 0.2) is 0 Å². The Bertz CT molecular complexity index is 303. The van der Waals surface area contributed by atoms with Crippen molar-refractivity contribution in [2.24, 2.45) is 5.92 Å². The molecule has 104 valence electrons. The Labute approximate surface area is 110 Å². The number of carbonyl (C=O) groups excluding carboxylic acids is 1. The second-order valence-corrected chi connectivity index (χ2v) is 6.47. The van der Waals surface area contributed by atoms with Gasteiger partial charge in [-0.25, -0.2) is 0 Å². The zero-order valence-electron chi connectivity index (χ0n) is 11.8. The maximum Gasteiger partial charge on any atom is 0.239 e. The molecule has 0 spiro atoms. The van der Waals surface area contributed by atoms with Gasteiger partial charge < -0.3 is 15.3 Å². The summed E-state index contributed by atoms with van der Waals surface area (Å²) in [5.74, 6) is 0.807. The van der Waals surface area contributed by atoms with Gasteiger partial charge in [0, 0.05) is 13.1 Å². The Morgan fingerprint density at radius 3 is 2.67 bits per heavy atom. The Balaban J connectivity index is 1.98. The lowest BCUT2D eigenvalue weighted by atomic mass is 9.85. The van der Waals surface area contributed by atoms with E-state index < -0.39 is 5.54 Å². The number of carbonyl (C=O) groups is 1. The van der Waals surface area contributed by atoms with Crippen LogP contribution in [-0.2, 0) is 4.79 Å². The summed E-state index contributed by atoms with van der Waals surface area (Å²) in [4.78, 5) is 14.1.